The summed E-state index contributed by atoms with van der Waals surface area (Å²) in [5, 5.41) is 8.79. The lowest BCUT2D eigenvalue weighted by Gasteiger charge is -2.35. The van der Waals surface area contributed by atoms with Crippen molar-refractivity contribution in [2.45, 2.75) is 19.4 Å². The molecule has 0 aromatic carbocycles. The molecule has 1 atom stereocenters. The second-order valence-electron chi connectivity index (χ2n) is 4.03. The van der Waals surface area contributed by atoms with Gasteiger partial charge in [0.05, 0.1) is 6.61 Å². The number of rotatable bonds is 5. The largest absolute Gasteiger partial charge is 0.395 e. The molecule has 14 heavy (non-hydrogen) atoms. The van der Waals surface area contributed by atoms with Crippen molar-refractivity contribution in [3.63, 3.8) is 0 Å². The molecule has 0 unspecified atom stereocenters. The lowest BCUT2D eigenvalue weighted by molar-refractivity contribution is 0.108. The molecule has 0 spiro atoms. The van der Waals surface area contributed by atoms with Gasteiger partial charge in [0.25, 0.3) is 0 Å². The van der Waals surface area contributed by atoms with Crippen LogP contribution >= 0.6 is 0 Å². The average Bonchev–Trinajstić information content (AvgIpc) is 2.21. The van der Waals surface area contributed by atoms with E-state index in [2.05, 4.69) is 16.7 Å². The summed E-state index contributed by atoms with van der Waals surface area (Å²) in [6, 6.07) is 0.319. The first-order valence-electron chi connectivity index (χ1n) is 5.57. The van der Waals surface area contributed by atoms with Crippen LogP contribution in [0.2, 0.25) is 0 Å². The van der Waals surface area contributed by atoms with E-state index in [4.69, 9.17) is 10.8 Å². The van der Waals surface area contributed by atoms with Crippen LogP contribution in [0.25, 0.3) is 0 Å². The van der Waals surface area contributed by atoms with Crippen LogP contribution in [0.5, 0.6) is 0 Å². The predicted molar refractivity (Wildman–Crippen MR) is 58.2 cm³/mol. The Morgan fingerprint density at radius 2 is 1.79 bits per heavy atom. The molecule has 0 aliphatic carbocycles. The zero-order valence-electron chi connectivity index (χ0n) is 9.15. The van der Waals surface area contributed by atoms with Crippen molar-refractivity contribution < 1.29 is 5.11 Å². The fraction of sp³-hybridized carbons (Fsp3) is 1.00. The fourth-order valence-corrected chi connectivity index (χ4v) is 1.80. The van der Waals surface area contributed by atoms with Gasteiger partial charge in [-0.3, -0.25) is 9.80 Å². The Morgan fingerprint density at radius 1 is 1.21 bits per heavy atom. The quantitative estimate of drug-likeness (QED) is 0.620. The first-order chi connectivity index (χ1) is 6.76. The zero-order valence-corrected chi connectivity index (χ0v) is 9.15. The van der Waals surface area contributed by atoms with Crippen LogP contribution in [-0.4, -0.2) is 66.8 Å². The van der Waals surface area contributed by atoms with Gasteiger partial charge >= 0.3 is 0 Å². The minimum absolute atomic E-state index is 0.272. The van der Waals surface area contributed by atoms with E-state index in [0.29, 0.717) is 6.04 Å². The van der Waals surface area contributed by atoms with Crippen molar-refractivity contribution in [2.24, 2.45) is 5.73 Å². The minimum atomic E-state index is 0.272. The lowest BCUT2D eigenvalue weighted by Crippen LogP contribution is -2.50. The Labute approximate surface area is 86.7 Å². The monoisotopic (exact) mass is 201 g/mol. The minimum Gasteiger partial charge on any atom is -0.395 e. The number of hydrogen-bond donors (Lipinski definition) is 2. The van der Waals surface area contributed by atoms with Gasteiger partial charge in [0.2, 0.25) is 0 Å². The van der Waals surface area contributed by atoms with Gasteiger partial charge < -0.3 is 10.8 Å². The number of β-amino-alcohol motifs (C(OH)–C–C–N with tert-alkyl or cyclic N) is 1. The molecule has 0 radical (unpaired) electrons. The molecular formula is C10H23N3O. The van der Waals surface area contributed by atoms with Gasteiger partial charge in [-0.15, -0.1) is 0 Å². The number of aliphatic hydroxyl groups is 1. The second kappa shape index (κ2) is 6.35. The molecule has 4 nitrogen and oxygen atoms in total. The standard InChI is InChI=1S/C10H23N3O/c1-2-10(11)9-13-5-3-12(4-6-13)7-8-14/h10,14H,2-9,11H2,1H3/t10-/m0/s1. The topological polar surface area (TPSA) is 52.7 Å². The summed E-state index contributed by atoms with van der Waals surface area (Å²) in [5.41, 5.74) is 5.90. The average molecular weight is 201 g/mol. The Balaban J connectivity index is 2.15. The molecule has 0 aromatic heterocycles. The van der Waals surface area contributed by atoms with Crippen molar-refractivity contribution in [2.75, 3.05) is 45.9 Å². The smallest absolute Gasteiger partial charge is 0.0558 e. The van der Waals surface area contributed by atoms with Gasteiger partial charge in [-0.05, 0) is 6.42 Å². The highest BCUT2D eigenvalue weighted by Crippen LogP contribution is 2.02. The summed E-state index contributed by atoms with van der Waals surface area (Å²) >= 11 is 0. The fourth-order valence-electron chi connectivity index (χ4n) is 1.80. The van der Waals surface area contributed by atoms with Gasteiger partial charge in [0, 0.05) is 45.3 Å². The van der Waals surface area contributed by atoms with E-state index in [1.54, 1.807) is 0 Å². The van der Waals surface area contributed by atoms with E-state index >= 15 is 0 Å². The van der Waals surface area contributed by atoms with Crippen LogP contribution < -0.4 is 5.73 Å². The Hall–Kier alpha value is -0.160. The van der Waals surface area contributed by atoms with Crippen LogP contribution in [0.3, 0.4) is 0 Å². The summed E-state index contributed by atoms with van der Waals surface area (Å²) in [5.74, 6) is 0. The summed E-state index contributed by atoms with van der Waals surface area (Å²) in [4.78, 5) is 4.72. The van der Waals surface area contributed by atoms with E-state index in [1.165, 1.54) is 0 Å². The van der Waals surface area contributed by atoms with Crippen LogP contribution in [0.4, 0.5) is 0 Å². The normalized spacial score (nSPS) is 22.5. The first kappa shape index (κ1) is 11.9. The summed E-state index contributed by atoms with van der Waals surface area (Å²) in [7, 11) is 0. The molecule has 84 valence electrons. The maximum atomic E-state index is 8.79. The Kier molecular flexibility index (Phi) is 5.40. The molecule has 0 amide bonds. The highest BCUT2D eigenvalue weighted by atomic mass is 16.3. The SMILES string of the molecule is CC[C@H](N)CN1CCN(CCO)CC1. The maximum Gasteiger partial charge on any atom is 0.0558 e. The van der Waals surface area contributed by atoms with Gasteiger partial charge in [0.1, 0.15) is 0 Å². The number of hydrogen-bond acceptors (Lipinski definition) is 4. The summed E-state index contributed by atoms with van der Waals surface area (Å²) in [6.07, 6.45) is 1.05. The number of nitrogens with two attached hydrogens (primary N) is 1. The van der Waals surface area contributed by atoms with Crippen molar-refractivity contribution in [1.29, 1.82) is 0 Å². The maximum absolute atomic E-state index is 8.79. The van der Waals surface area contributed by atoms with Crippen molar-refractivity contribution in [3.05, 3.63) is 0 Å². The molecule has 1 heterocycles. The van der Waals surface area contributed by atoms with Crippen LogP contribution in [-0.2, 0) is 0 Å². The van der Waals surface area contributed by atoms with Crippen molar-refractivity contribution >= 4 is 0 Å². The zero-order chi connectivity index (χ0) is 10.4. The second-order valence-corrected chi connectivity index (χ2v) is 4.03. The van der Waals surface area contributed by atoms with E-state index in [0.717, 1.165) is 45.7 Å². The third kappa shape index (κ3) is 3.92. The predicted octanol–water partition coefficient (Wildman–Crippen LogP) is -0.666. The highest BCUT2D eigenvalue weighted by molar-refractivity contribution is 4.74. The van der Waals surface area contributed by atoms with Crippen LogP contribution in [0.15, 0.2) is 0 Å². The van der Waals surface area contributed by atoms with E-state index < -0.39 is 0 Å². The molecule has 4 heteroatoms. The van der Waals surface area contributed by atoms with Gasteiger partial charge in [-0.25, -0.2) is 0 Å². The first-order valence-corrected chi connectivity index (χ1v) is 5.57. The van der Waals surface area contributed by atoms with Gasteiger partial charge in [-0.2, -0.15) is 0 Å². The molecular weight excluding hydrogens is 178 g/mol. The highest BCUT2D eigenvalue weighted by Gasteiger charge is 2.17. The molecule has 1 aliphatic rings. The molecule has 1 aliphatic heterocycles. The molecule has 0 bridgehead atoms. The number of piperazine rings is 1. The van der Waals surface area contributed by atoms with E-state index in [-0.39, 0.29) is 6.61 Å². The molecule has 1 saturated heterocycles. The van der Waals surface area contributed by atoms with Crippen LogP contribution in [0.1, 0.15) is 13.3 Å². The van der Waals surface area contributed by atoms with Crippen molar-refractivity contribution in [1.82, 2.24) is 9.80 Å². The Morgan fingerprint density at radius 3 is 2.29 bits per heavy atom. The van der Waals surface area contributed by atoms with E-state index in [1.807, 2.05) is 0 Å². The van der Waals surface area contributed by atoms with Crippen LogP contribution in [0, 0.1) is 0 Å². The summed E-state index contributed by atoms with van der Waals surface area (Å²) in [6.45, 7) is 8.55. The third-order valence-electron chi connectivity index (χ3n) is 2.90. The van der Waals surface area contributed by atoms with E-state index in [9.17, 15) is 0 Å². The molecule has 1 rings (SSSR count). The Bertz CT molecular complexity index is 146. The molecule has 0 saturated carbocycles. The molecule has 3 N–H and O–H groups in total. The lowest BCUT2D eigenvalue weighted by atomic mass is 10.2. The van der Waals surface area contributed by atoms with Crippen molar-refractivity contribution in [3.8, 4) is 0 Å². The number of aliphatic hydroxyl groups excluding tert-OH is 1. The van der Waals surface area contributed by atoms with Gasteiger partial charge in [0.15, 0.2) is 0 Å². The summed E-state index contributed by atoms with van der Waals surface area (Å²) < 4.78 is 0. The third-order valence-corrected chi connectivity index (χ3v) is 2.90. The molecule has 1 fully saturated rings. The van der Waals surface area contributed by atoms with Gasteiger partial charge in [-0.1, -0.05) is 6.92 Å². The number of nitrogens with zero attached hydrogens (tertiary/aromatic N) is 2. The molecule has 0 aromatic rings.